The molecule has 0 spiro atoms. The number of hydrogen-bond donors (Lipinski definition) is 2. The van der Waals surface area contributed by atoms with E-state index in [1.54, 1.807) is 0 Å². The number of fused-ring (bicyclic) bond motifs is 24. The molecule has 2 aliphatic heterocycles. The van der Waals surface area contributed by atoms with Gasteiger partial charge in [-0.05, 0) is 117 Å². The van der Waals surface area contributed by atoms with E-state index < -0.39 is 0 Å². The molecule has 8 bridgehead atoms. The molecule has 0 aliphatic carbocycles. The van der Waals surface area contributed by atoms with Gasteiger partial charge in [0.05, 0.1) is 0 Å². The van der Waals surface area contributed by atoms with Gasteiger partial charge in [-0.25, -0.2) is 29.9 Å². The lowest BCUT2D eigenvalue weighted by Crippen LogP contribution is -1.89. The average Bonchev–Trinajstić information content (AvgIpc) is 3.99. The van der Waals surface area contributed by atoms with Gasteiger partial charge < -0.3 is 9.97 Å². The van der Waals surface area contributed by atoms with Gasteiger partial charge in [0.25, 0.3) is 0 Å². The van der Waals surface area contributed by atoms with E-state index in [0.717, 1.165) is 109 Å². The molecule has 282 valence electrons. The smallest absolute Gasteiger partial charge is 0.165 e. The first-order valence-electron chi connectivity index (χ1n) is 20.3. The molecule has 8 heteroatoms. The van der Waals surface area contributed by atoms with Gasteiger partial charge in [-0.2, -0.15) is 0 Å². The zero-order valence-electron chi connectivity index (χ0n) is 33.2. The van der Waals surface area contributed by atoms with E-state index in [4.69, 9.17) is 29.9 Å². The van der Waals surface area contributed by atoms with Crippen molar-refractivity contribution >= 4 is 87.2 Å². The summed E-state index contributed by atoms with van der Waals surface area (Å²) >= 11 is 0. The second-order valence-electron chi connectivity index (χ2n) is 16.2. The van der Waals surface area contributed by atoms with Crippen molar-refractivity contribution in [1.29, 1.82) is 0 Å². The molecule has 0 atom stereocenters. The molecule has 11 aromatic rings. The van der Waals surface area contributed by atoms with Gasteiger partial charge in [-0.1, -0.05) is 97.1 Å². The minimum atomic E-state index is 0.593. The standard InChI is InChI=1S/C52H34N8/c1-25-33-17-9-5-13-29(33)21-37-41(25)49-53-45(37)58-50-43-27(3)35-19-11-7-15-31(35)23-39(43)47(55-50)60-52-44-28(4)36-20-12-8-16-32(36)24-40(44)48(56-52)59-51-42-26(2)34-18-10-6-14-30(34)22-38(42)46(54-51)57-49/h5-24H,1-4H3,(H2,53,54,55,56,57,58,59,60). The van der Waals surface area contributed by atoms with E-state index in [1.807, 2.05) is 0 Å². The number of nitrogens with zero attached hydrogens (tertiary/aromatic N) is 6. The van der Waals surface area contributed by atoms with Crippen LogP contribution in [0.3, 0.4) is 0 Å². The highest BCUT2D eigenvalue weighted by atomic mass is 15.1. The molecule has 8 aromatic carbocycles. The van der Waals surface area contributed by atoms with Crippen LogP contribution in [-0.2, 0) is 0 Å². The average molecular weight is 771 g/mol. The Hall–Kier alpha value is -7.84. The fourth-order valence-electron chi connectivity index (χ4n) is 10.0. The Bertz CT molecular complexity index is 3690. The van der Waals surface area contributed by atoms with Gasteiger partial charge in [0.1, 0.15) is 22.6 Å². The minimum absolute atomic E-state index is 0.593. The van der Waals surface area contributed by atoms with E-state index in [1.165, 1.54) is 0 Å². The monoisotopic (exact) mass is 770 g/mol. The predicted molar refractivity (Wildman–Crippen MR) is 245 cm³/mol. The Labute approximate surface area is 342 Å². The summed E-state index contributed by atoms with van der Waals surface area (Å²) in [7, 11) is 0. The summed E-state index contributed by atoms with van der Waals surface area (Å²) in [6, 6.07) is 42.8. The molecule has 0 fully saturated rings. The highest BCUT2D eigenvalue weighted by Crippen LogP contribution is 2.44. The second kappa shape index (κ2) is 11.9. The Balaban J connectivity index is 1.27. The normalized spacial score (nSPS) is 12.3. The number of H-pyrrole nitrogens is 2. The van der Waals surface area contributed by atoms with Crippen LogP contribution in [0.1, 0.15) is 22.3 Å². The first kappa shape index (κ1) is 33.2. The van der Waals surface area contributed by atoms with Crippen molar-refractivity contribution < 1.29 is 0 Å². The van der Waals surface area contributed by atoms with Crippen molar-refractivity contribution in [2.24, 2.45) is 0 Å². The number of benzene rings is 8. The van der Waals surface area contributed by atoms with Gasteiger partial charge in [0.2, 0.25) is 0 Å². The highest BCUT2D eigenvalue weighted by Gasteiger charge is 2.27. The molecule has 0 saturated heterocycles. The molecule has 60 heavy (non-hydrogen) atoms. The maximum Gasteiger partial charge on any atom is 0.165 e. The van der Waals surface area contributed by atoms with E-state index in [0.29, 0.717) is 45.9 Å². The minimum Gasteiger partial charge on any atom is -0.324 e. The van der Waals surface area contributed by atoms with Crippen molar-refractivity contribution in [1.82, 2.24) is 39.9 Å². The first-order chi connectivity index (χ1) is 29.4. The third kappa shape index (κ3) is 4.50. The first-order valence-corrected chi connectivity index (χ1v) is 20.3. The van der Waals surface area contributed by atoms with Crippen LogP contribution in [0.5, 0.6) is 0 Å². The van der Waals surface area contributed by atoms with Gasteiger partial charge >= 0.3 is 0 Å². The second-order valence-corrected chi connectivity index (χ2v) is 16.2. The summed E-state index contributed by atoms with van der Waals surface area (Å²) in [5.74, 6) is 2.39. The fourth-order valence-corrected chi connectivity index (χ4v) is 10.0. The summed E-state index contributed by atoms with van der Waals surface area (Å²) < 4.78 is 0. The van der Waals surface area contributed by atoms with Gasteiger partial charge in [0.15, 0.2) is 23.3 Å². The molecule has 0 unspecified atom stereocenters. The fraction of sp³-hybridized carbons (Fsp3) is 0.0769. The summed E-state index contributed by atoms with van der Waals surface area (Å²) in [6.07, 6.45) is 0. The van der Waals surface area contributed by atoms with Crippen LogP contribution in [-0.4, -0.2) is 39.9 Å². The molecule has 13 rings (SSSR count). The van der Waals surface area contributed by atoms with E-state index >= 15 is 0 Å². The van der Waals surface area contributed by atoms with Crippen molar-refractivity contribution in [3.8, 4) is 45.6 Å². The zero-order valence-corrected chi connectivity index (χ0v) is 33.2. The largest absolute Gasteiger partial charge is 0.324 e. The van der Waals surface area contributed by atoms with Crippen molar-refractivity contribution in [3.05, 3.63) is 144 Å². The molecule has 0 amide bonds. The van der Waals surface area contributed by atoms with Crippen molar-refractivity contribution in [2.75, 3.05) is 0 Å². The molecule has 2 aliphatic rings. The lowest BCUT2D eigenvalue weighted by molar-refractivity contribution is 1.19. The highest BCUT2D eigenvalue weighted by molar-refractivity contribution is 6.16. The number of hydrogen-bond acceptors (Lipinski definition) is 6. The molecule has 0 radical (unpaired) electrons. The number of aromatic amines is 2. The third-order valence-electron chi connectivity index (χ3n) is 12.9. The SMILES string of the molecule is Cc1c2c(cc3ccccc13)-c1nc-2nc2[nH]c(nc3nc(nc4[nH]c(n1)c1c(C)c5ccccc5cc41)-c1c-3cc3ccccc3c1C)c1c(C)c3ccccc3cc21. The molecule has 5 heterocycles. The van der Waals surface area contributed by atoms with Crippen LogP contribution in [0.25, 0.3) is 133 Å². The van der Waals surface area contributed by atoms with Crippen molar-refractivity contribution in [2.45, 2.75) is 27.7 Å². The quantitative estimate of drug-likeness (QED) is 0.159. The lowest BCUT2D eigenvalue weighted by atomic mass is 9.95. The summed E-state index contributed by atoms with van der Waals surface area (Å²) in [5.41, 5.74) is 11.0. The maximum absolute atomic E-state index is 5.44. The van der Waals surface area contributed by atoms with Crippen LogP contribution in [0.4, 0.5) is 0 Å². The maximum atomic E-state index is 5.44. The van der Waals surface area contributed by atoms with Crippen LogP contribution in [0.2, 0.25) is 0 Å². The van der Waals surface area contributed by atoms with Crippen LogP contribution >= 0.6 is 0 Å². The van der Waals surface area contributed by atoms with E-state index in [-0.39, 0.29) is 0 Å². The zero-order chi connectivity index (χ0) is 40.0. The molecule has 2 N–H and O–H groups in total. The summed E-state index contributed by atoms with van der Waals surface area (Å²) in [5, 5.41) is 13.1. The Morgan fingerprint density at radius 2 is 0.650 bits per heavy atom. The molecular weight excluding hydrogens is 737 g/mol. The van der Waals surface area contributed by atoms with E-state index in [2.05, 4.69) is 159 Å². The topological polar surface area (TPSA) is 109 Å². The lowest BCUT2D eigenvalue weighted by Gasteiger charge is -2.08. The summed E-state index contributed by atoms with van der Waals surface area (Å²) in [6.45, 7) is 8.66. The Morgan fingerprint density at radius 3 is 1.05 bits per heavy atom. The summed E-state index contributed by atoms with van der Waals surface area (Å²) in [4.78, 5) is 39.8. The van der Waals surface area contributed by atoms with Crippen LogP contribution in [0.15, 0.2) is 121 Å². The van der Waals surface area contributed by atoms with Gasteiger partial charge in [0, 0.05) is 43.8 Å². The number of aromatic nitrogens is 8. The number of aryl methyl sites for hydroxylation is 4. The van der Waals surface area contributed by atoms with Crippen molar-refractivity contribution in [3.63, 3.8) is 0 Å². The Kier molecular flexibility index (Phi) is 6.56. The molecule has 3 aromatic heterocycles. The van der Waals surface area contributed by atoms with Gasteiger partial charge in [-0.15, -0.1) is 0 Å². The predicted octanol–water partition coefficient (Wildman–Crippen LogP) is 12.7. The molecular formula is C52H34N8. The van der Waals surface area contributed by atoms with Gasteiger partial charge in [-0.3, -0.25) is 0 Å². The number of rotatable bonds is 0. The third-order valence-corrected chi connectivity index (χ3v) is 12.9. The number of nitrogens with one attached hydrogen (secondary N) is 2. The van der Waals surface area contributed by atoms with Crippen LogP contribution < -0.4 is 0 Å². The van der Waals surface area contributed by atoms with Crippen LogP contribution in [0, 0.1) is 27.7 Å². The molecule has 8 nitrogen and oxygen atoms in total. The molecule has 0 saturated carbocycles. The Morgan fingerprint density at radius 1 is 0.317 bits per heavy atom. The van der Waals surface area contributed by atoms with E-state index in [9.17, 15) is 0 Å².